The summed E-state index contributed by atoms with van der Waals surface area (Å²) < 4.78 is 1.84. The summed E-state index contributed by atoms with van der Waals surface area (Å²) in [6.07, 6.45) is 7.55. The monoisotopic (exact) mass is 412 g/mol. The van der Waals surface area contributed by atoms with Crippen LogP contribution in [-0.2, 0) is 16.1 Å². The van der Waals surface area contributed by atoms with Gasteiger partial charge in [-0.2, -0.15) is 5.26 Å². The van der Waals surface area contributed by atoms with Crippen LogP contribution in [-0.4, -0.2) is 22.4 Å². The molecule has 1 aliphatic rings. The fraction of sp³-hybridized carbons (Fsp3) is 0.240. The zero-order valence-corrected chi connectivity index (χ0v) is 17.2. The highest BCUT2D eigenvalue weighted by Gasteiger charge is 2.20. The smallest absolute Gasteiger partial charge is 0.262 e. The first-order chi connectivity index (χ1) is 15.1. The van der Waals surface area contributed by atoms with Gasteiger partial charge in [0, 0.05) is 34.4 Å². The maximum atomic E-state index is 12.6. The molecule has 0 unspecified atom stereocenters. The van der Waals surface area contributed by atoms with Crippen molar-refractivity contribution in [3.63, 3.8) is 0 Å². The summed E-state index contributed by atoms with van der Waals surface area (Å²) in [5.41, 5.74) is 2.41. The fourth-order valence-electron chi connectivity index (χ4n) is 4.04. The van der Waals surface area contributed by atoms with Gasteiger partial charge in [0.1, 0.15) is 18.2 Å². The van der Waals surface area contributed by atoms with Crippen molar-refractivity contribution in [2.24, 2.45) is 0 Å². The molecule has 1 heterocycles. The molecule has 156 valence electrons. The predicted octanol–water partition coefficient (Wildman–Crippen LogP) is 4.25. The molecule has 0 saturated heterocycles. The first-order valence-electron chi connectivity index (χ1n) is 10.5. The van der Waals surface area contributed by atoms with Crippen molar-refractivity contribution in [1.82, 2.24) is 9.88 Å². The lowest BCUT2D eigenvalue weighted by Gasteiger charge is -2.10. The number of rotatable bonds is 6. The topological polar surface area (TPSA) is 86.9 Å². The number of nitrogens with zero attached hydrogens (tertiary/aromatic N) is 2. The second-order valence-electron chi connectivity index (χ2n) is 7.77. The molecule has 0 bridgehead atoms. The van der Waals surface area contributed by atoms with E-state index in [1.165, 1.54) is 0 Å². The van der Waals surface area contributed by atoms with Crippen molar-refractivity contribution in [2.75, 3.05) is 5.32 Å². The molecule has 1 aliphatic carbocycles. The summed E-state index contributed by atoms with van der Waals surface area (Å²) in [5, 5.41) is 16.3. The number of benzene rings is 2. The van der Waals surface area contributed by atoms with Crippen molar-refractivity contribution in [2.45, 2.75) is 38.3 Å². The van der Waals surface area contributed by atoms with Gasteiger partial charge in [-0.1, -0.05) is 49.2 Å². The minimum absolute atomic E-state index is 0.0727. The van der Waals surface area contributed by atoms with Gasteiger partial charge in [0.25, 0.3) is 5.91 Å². The fourth-order valence-corrected chi connectivity index (χ4v) is 4.04. The van der Waals surface area contributed by atoms with Gasteiger partial charge in [-0.15, -0.1) is 0 Å². The lowest BCUT2D eigenvalue weighted by atomic mass is 10.1. The van der Waals surface area contributed by atoms with Gasteiger partial charge < -0.3 is 15.2 Å². The third-order valence-electron chi connectivity index (χ3n) is 5.55. The number of anilines is 1. The van der Waals surface area contributed by atoms with E-state index in [1.54, 1.807) is 6.08 Å². The Morgan fingerprint density at radius 2 is 1.77 bits per heavy atom. The van der Waals surface area contributed by atoms with Crippen molar-refractivity contribution in [1.29, 1.82) is 5.26 Å². The van der Waals surface area contributed by atoms with Gasteiger partial charge in [0.2, 0.25) is 5.91 Å². The second-order valence-corrected chi connectivity index (χ2v) is 7.77. The average Bonchev–Trinajstić information content (AvgIpc) is 3.41. The summed E-state index contributed by atoms with van der Waals surface area (Å²) >= 11 is 0. The number of carbonyl (C=O) groups is 2. The first kappa shape index (κ1) is 20.4. The maximum absolute atomic E-state index is 12.6. The Morgan fingerprint density at radius 1 is 1.06 bits per heavy atom. The molecule has 4 rings (SSSR count). The third kappa shape index (κ3) is 4.84. The summed E-state index contributed by atoms with van der Waals surface area (Å²) in [6, 6.07) is 19.1. The van der Waals surface area contributed by atoms with Crippen LogP contribution in [0.4, 0.5) is 5.69 Å². The van der Waals surface area contributed by atoms with E-state index in [0.29, 0.717) is 0 Å². The number of aromatic nitrogens is 1. The molecule has 3 aromatic rings. The molecule has 2 N–H and O–H groups in total. The largest absolute Gasteiger partial charge is 0.349 e. The first-order valence-corrected chi connectivity index (χ1v) is 10.5. The molecule has 0 aliphatic heterocycles. The van der Waals surface area contributed by atoms with Gasteiger partial charge in [-0.25, -0.2) is 0 Å². The molecule has 0 atom stereocenters. The van der Waals surface area contributed by atoms with Crippen LogP contribution >= 0.6 is 0 Å². The number of para-hydroxylation sites is 2. The molecule has 2 aromatic carbocycles. The lowest BCUT2D eigenvalue weighted by molar-refractivity contribution is -0.118. The van der Waals surface area contributed by atoms with Crippen LogP contribution in [0.5, 0.6) is 0 Å². The Bertz CT molecular complexity index is 1170. The van der Waals surface area contributed by atoms with Crippen molar-refractivity contribution in [3.05, 3.63) is 71.9 Å². The molecular weight excluding hydrogens is 388 g/mol. The summed E-state index contributed by atoms with van der Waals surface area (Å²) in [4.78, 5) is 25.1. The quantitative estimate of drug-likeness (QED) is 0.469. The molecule has 2 amide bonds. The van der Waals surface area contributed by atoms with Crippen LogP contribution in [0.2, 0.25) is 0 Å². The zero-order chi connectivity index (χ0) is 21.6. The normalized spacial score (nSPS) is 14.4. The lowest BCUT2D eigenvalue weighted by Crippen LogP contribution is -2.33. The molecule has 0 spiro atoms. The van der Waals surface area contributed by atoms with Crippen molar-refractivity contribution >= 4 is 34.5 Å². The van der Waals surface area contributed by atoms with Gasteiger partial charge in [0.05, 0.1) is 0 Å². The molecule has 0 radical (unpaired) electrons. The maximum Gasteiger partial charge on any atom is 0.262 e. The van der Waals surface area contributed by atoms with E-state index < -0.39 is 0 Å². The van der Waals surface area contributed by atoms with Gasteiger partial charge in [-0.3, -0.25) is 9.59 Å². The average molecular weight is 412 g/mol. The number of carbonyl (C=O) groups excluding carboxylic acids is 2. The standard InChI is InChI=1S/C25H24N4O2/c26-15-18(25(31)28-21-10-4-5-11-21)14-19-16-29(23-13-7-6-12-22(19)23)17-24(30)27-20-8-2-1-3-9-20/h1-3,6-9,12-14,16,21H,4-5,10-11,17H2,(H,27,30)(H,28,31)/b18-14-. The SMILES string of the molecule is N#C/C(=C/c1cn(CC(=O)Nc2ccccc2)c2ccccc12)C(=O)NC1CCCC1. The number of fused-ring (bicyclic) bond motifs is 1. The second kappa shape index (κ2) is 9.31. The Hall–Kier alpha value is -3.85. The van der Waals surface area contributed by atoms with Crippen molar-refractivity contribution < 1.29 is 9.59 Å². The van der Waals surface area contributed by atoms with E-state index in [1.807, 2.05) is 71.4 Å². The molecule has 6 nitrogen and oxygen atoms in total. The molecule has 6 heteroatoms. The van der Waals surface area contributed by atoms with E-state index in [4.69, 9.17) is 0 Å². The minimum atomic E-state index is -0.340. The van der Waals surface area contributed by atoms with E-state index in [-0.39, 0.29) is 30.0 Å². The van der Waals surface area contributed by atoms with Gasteiger partial charge >= 0.3 is 0 Å². The molecule has 1 fully saturated rings. The predicted molar refractivity (Wildman–Crippen MR) is 121 cm³/mol. The Kier molecular flexibility index (Phi) is 6.13. The highest BCUT2D eigenvalue weighted by Crippen LogP contribution is 2.24. The van der Waals surface area contributed by atoms with Crippen molar-refractivity contribution in [3.8, 4) is 6.07 Å². The third-order valence-corrected chi connectivity index (χ3v) is 5.55. The van der Waals surface area contributed by atoms with Crippen LogP contribution in [0.1, 0.15) is 31.2 Å². The summed E-state index contributed by atoms with van der Waals surface area (Å²) in [6.45, 7) is 0.124. The number of hydrogen-bond donors (Lipinski definition) is 2. The van der Waals surface area contributed by atoms with E-state index in [2.05, 4.69) is 10.6 Å². The number of hydrogen-bond acceptors (Lipinski definition) is 3. The van der Waals surface area contributed by atoms with E-state index in [9.17, 15) is 14.9 Å². The Balaban J connectivity index is 1.58. The summed E-state index contributed by atoms with van der Waals surface area (Å²) in [7, 11) is 0. The number of nitriles is 1. The van der Waals surface area contributed by atoms with Crippen LogP contribution in [0, 0.1) is 11.3 Å². The molecule has 31 heavy (non-hydrogen) atoms. The van der Waals surface area contributed by atoms with Crippen LogP contribution < -0.4 is 10.6 Å². The number of nitrogens with one attached hydrogen (secondary N) is 2. The zero-order valence-electron chi connectivity index (χ0n) is 17.2. The Morgan fingerprint density at radius 3 is 2.52 bits per heavy atom. The molecular formula is C25H24N4O2. The van der Waals surface area contributed by atoms with Crippen LogP contribution in [0.15, 0.2) is 66.4 Å². The van der Waals surface area contributed by atoms with Crippen LogP contribution in [0.25, 0.3) is 17.0 Å². The molecule has 1 aromatic heterocycles. The highest BCUT2D eigenvalue weighted by molar-refractivity contribution is 6.04. The summed E-state index contributed by atoms with van der Waals surface area (Å²) in [5.74, 6) is -0.491. The minimum Gasteiger partial charge on any atom is -0.349 e. The van der Waals surface area contributed by atoms with E-state index in [0.717, 1.165) is 47.8 Å². The highest BCUT2D eigenvalue weighted by atomic mass is 16.2. The van der Waals surface area contributed by atoms with Gasteiger partial charge in [0.15, 0.2) is 0 Å². The molecule has 1 saturated carbocycles. The van der Waals surface area contributed by atoms with E-state index >= 15 is 0 Å². The number of amides is 2. The Labute approximate surface area is 181 Å². The van der Waals surface area contributed by atoms with Crippen LogP contribution in [0.3, 0.4) is 0 Å². The van der Waals surface area contributed by atoms with Gasteiger partial charge in [-0.05, 0) is 37.1 Å².